The van der Waals surface area contributed by atoms with Crippen LogP contribution < -0.4 is 10.3 Å². The number of benzene rings is 3. The first kappa shape index (κ1) is 19.1. The lowest BCUT2D eigenvalue weighted by Crippen LogP contribution is -2.22. The van der Waals surface area contributed by atoms with Crippen LogP contribution >= 0.6 is 0 Å². The Labute approximate surface area is 171 Å². The third-order valence-electron chi connectivity index (χ3n) is 4.64. The van der Waals surface area contributed by atoms with E-state index in [1.54, 1.807) is 67.8 Å². The molecule has 0 aliphatic carbocycles. The molecule has 0 saturated carbocycles. The Balaban J connectivity index is 1.87. The molecule has 3 aromatic carbocycles. The molecule has 0 saturated heterocycles. The monoisotopic (exact) mass is 399 g/mol. The third-order valence-corrected chi connectivity index (χ3v) is 4.64. The minimum Gasteiger partial charge on any atom is -0.497 e. The second kappa shape index (κ2) is 8.00. The highest BCUT2D eigenvalue weighted by atomic mass is 16.6. The van der Waals surface area contributed by atoms with E-state index in [-0.39, 0.29) is 11.2 Å². The van der Waals surface area contributed by atoms with E-state index in [2.05, 4.69) is 4.98 Å². The zero-order chi connectivity index (χ0) is 21.1. The highest BCUT2D eigenvalue weighted by Crippen LogP contribution is 2.20. The van der Waals surface area contributed by atoms with Gasteiger partial charge in [-0.2, -0.15) is 0 Å². The van der Waals surface area contributed by atoms with Crippen LogP contribution in [0.3, 0.4) is 0 Å². The molecule has 0 bridgehead atoms. The molecule has 4 aromatic rings. The number of fused-ring (bicyclic) bond motifs is 1. The molecule has 0 unspecified atom stereocenters. The normalized spacial score (nSPS) is 11.1. The second-order valence-corrected chi connectivity index (χ2v) is 6.51. The van der Waals surface area contributed by atoms with E-state index in [0.717, 1.165) is 5.56 Å². The van der Waals surface area contributed by atoms with Gasteiger partial charge in [0.2, 0.25) is 0 Å². The van der Waals surface area contributed by atoms with Gasteiger partial charge >= 0.3 is 0 Å². The van der Waals surface area contributed by atoms with Crippen LogP contribution in [0, 0.1) is 10.1 Å². The fraction of sp³-hybridized carbons (Fsp3) is 0.0435. The molecule has 0 N–H and O–H groups in total. The van der Waals surface area contributed by atoms with Crippen LogP contribution in [-0.2, 0) is 0 Å². The van der Waals surface area contributed by atoms with E-state index in [9.17, 15) is 14.9 Å². The van der Waals surface area contributed by atoms with Crippen LogP contribution in [-0.4, -0.2) is 21.6 Å². The smallest absolute Gasteiger partial charge is 0.269 e. The number of ether oxygens (including phenoxy) is 1. The van der Waals surface area contributed by atoms with Crippen molar-refractivity contribution in [3.8, 4) is 11.4 Å². The molecule has 0 fully saturated rings. The van der Waals surface area contributed by atoms with E-state index < -0.39 is 4.92 Å². The number of non-ortho nitro benzene ring substituents is 1. The van der Waals surface area contributed by atoms with E-state index in [4.69, 9.17) is 4.74 Å². The summed E-state index contributed by atoms with van der Waals surface area (Å²) in [6, 6.07) is 20.5. The maximum atomic E-state index is 13.3. The van der Waals surface area contributed by atoms with Gasteiger partial charge in [0, 0.05) is 18.2 Å². The molecule has 1 heterocycles. The summed E-state index contributed by atoms with van der Waals surface area (Å²) in [5.74, 6) is 1.06. The zero-order valence-corrected chi connectivity index (χ0v) is 16.1. The highest BCUT2D eigenvalue weighted by molar-refractivity contribution is 5.80. The van der Waals surface area contributed by atoms with Crippen molar-refractivity contribution in [1.82, 2.24) is 9.55 Å². The lowest BCUT2D eigenvalue weighted by Gasteiger charge is -2.12. The summed E-state index contributed by atoms with van der Waals surface area (Å²) in [7, 11) is 1.57. The van der Waals surface area contributed by atoms with E-state index in [0.29, 0.717) is 28.2 Å². The van der Waals surface area contributed by atoms with Crippen molar-refractivity contribution >= 4 is 28.7 Å². The molecular formula is C23H17N3O4. The topological polar surface area (TPSA) is 87.3 Å². The molecular weight excluding hydrogens is 382 g/mol. The van der Waals surface area contributed by atoms with Gasteiger partial charge in [0.25, 0.3) is 11.2 Å². The molecule has 30 heavy (non-hydrogen) atoms. The number of methoxy groups -OCH3 is 1. The minimum atomic E-state index is -0.446. The van der Waals surface area contributed by atoms with Crippen LogP contribution in [0.25, 0.3) is 28.7 Å². The zero-order valence-electron chi connectivity index (χ0n) is 16.1. The first-order valence-electron chi connectivity index (χ1n) is 9.15. The number of rotatable bonds is 5. The Morgan fingerprint density at radius 1 is 1.00 bits per heavy atom. The van der Waals surface area contributed by atoms with Gasteiger partial charge in [-0.1, -0.05) is 24.3 Å². The van der Waals surface area contributed by atoms with Crippen molar-refractivity contribution < 1.29 is 9.66 Å². The maximum Gasteiger partial charge on any atom is 0.269 e. The third kappa shape index (κ3) is 3.68. The molecule has 0 radical (unpaired) electrons. The molecule has 1 aromatic heterocycles. The van der Waals surface area contributed by atoms with Gasteiger partial charge < -0.3 is 4.74 Å². The summed E-state index contributed by atoms with van der Waals surface area (Å²) in [4.78, 5) is 28.3. The first-order valence-corrected chi connectivity index (χ1v) is 9.15. The van der Waals surface area contributed by atoms with E-state index >= 15 is 0 Å². The lowest BCUT2D eigenvalue weighted by atomic mass is 10.2. The van der Waals surface area contributed by atoms with Crippen molar-refractivity contribution in [2.75, 3.05) is 7.11 Å². The predicted molar refractivity (Wildman–Crippen MR) is 116 cm³/mol. The molecule has 0 spiro atoms. The molecule has 0 atom stereocenters. The largest absolute Gasteiger partial charge is 0.497 e. The summed E-state index contributed by atoms with van der Waals surface area (Å²) in [6.45, 7) is 0. The van der Waals surface area contributed by atoms with E-state index in [1.165, 1.54) is 16.7 Å². The molecule has 4 rings (SSSR count). The van der Waals surface area contributed by atoms with Gasteiger partial charge in [-0.15, -0.1) is 0 Å². The quantitative estimate of drug-likeness (QED) is 0.365. The van der Waals surface area contributed by atoms with Crippen molar-refractivity contribution in [2.24, 2.45) is 0 Å². The molecule has 0 amide bonds. The SMILES string of the molecule is COc1cccc(-n2c(/C=C/c3ccc([N+](=O)[O-])cc3)nc3ccccc3c2=O)c1. The molecule has 7 heteroatoms. The summed E-state index contributed by atoms with van der Waals surface area (Å²) in [5, 5.41) is 11.3. The van der Waals surface area contributed by atoms with Crippen molar-refractivity contribution in [3.63, 3.8) is 0 Å². The predicted octanol–water partition coefficient (Wildman–Crippen LogP) is 4.47. The number of hydrogen-bond acceptors (Lipinski definition) is 5. The maximum absolute atomic E-state index is 13.3. The molecule has 0 aliphatic heterocycles. The van der Waals surface area contributed by atoms with Gasteiger partial charge in [0.1, 0.15) is 11.6 Å². The Hall–Kier alpha value is -4.26. The van der Waals surface area contributed by atoms with Gasteiger partial charge in [0.15, 0.2) is 0 Å². The van der Waals surface area contributed by atoms with Crippen molar-refractivity contribution in [2.45, 2.75) is 0 Å². The Kier molecular flexibility index (Phi) is 5.09. The van der Waals surface area contributed by atoms with Gasteiger partial charge in [-0.3, -0.25) is 19.5 Å². The second-order valence-electron chi connectivity index (χ2n) is 6.51. The standard InChI is InChI=1S/C23H17N3O4/c1-30-19-6-4-5-18(15-19)25-22(24-21-8-3-2-7-20(21)23(25)27)14-11-16-9-12-17(13-10-16)26(28)29/h2-15H,1H3/b14-11+. The lowest BCUT2D eigenvalue weighted by molar-refractivity contribution is -0.384. The Morgan fingerprint density at radius 3 is 2.50 bits per heavy atom. The highest BCUT2D eigenvalue weighted by Gasteiger charge is 2.12. The first-order chi connectivity index (χ1) is 14.6. The number of aromatic nitrogens is 2. The van der Waals surface area contributed by atoms with Crippen molar-refractivity contribution in [1.29, 1.82) is 0 Å². The van der Waals surface area contributed by atoms with Crippen LogP contribution in [0.1, 0.15) is 11.4 Å². The average molecular weight is 399 g/mol. The summed E-state index contributed by atoms with van der Waals surface area (Å²) >= 11 is 0. The minimum absolute atomic E-state index is 0.0178. The number of nitro groups is 1. The van der Waals surface area contributed by atoms with Gasteiger partial charge in [-0.25, -0.2) is 4.98 Å². The number of nitrogens with zero attached hydrogens (tertiary/aromatic N) is 3. The molecule has 0 aliphatic rings. The number of para-hydroxylation sites is 1. The number of hydrogen-bond donors (Lipinski definition) is 0. The van der Waals surface area contributed by atoms with Crippen LogP contribution in [0.2, 0.25) is 0 Å². The van der Waals surface area contributed by atoms with E-state index in [1.807, 2.05) is 12.1 Å². The van der Waals surface area contributed by atoms with Gasteiger partial charge in [0.05, 0.1) is 28.6 Å². The average Bonchev–Trinajstić information content (AvgIpc) is 2.78. The molecule has 148 valence electrons. The van der Waals surface area contributed by atoms with Crippen LogP contribution in [0.4, 0.5) is 5.69 Å². The van der Waals surface area contributed by atoms with Gasteiger partial charge in [-0.05, 0) is 48.0 Å². The Bertz CT molecular complexity index is 1320. The fourth-order valence-corrected chi connectivity index (χ4v) is 3.14. The fourth-order valence-electron chi connectivity index (χ4n) is 3.14. The van der Waals surface area contributed by atoms with Crippen LogP contribution in [0.15, 0.2) is 77.6 Å². The summed E-state index contributed by atoms with van der Waals surface area (Å²) in [6.07, 6.45) is 3.48. The van der Waals surface area contributed by atoms with Crippen molar-refractivity contribution in [3.05, 3.63) is 105 Å². The van der Waals surface area contributed by atoms with Crippen LogP contribution in [0.5, 0.6) is 5.75 Å². The Morgan fingerprint density at radius 2 is 1.77 bits per heavy atom. The number of nitro benzene ring substituents is 1. The summed E-state index contributed by atoms with van der Waals surface area (Å²) < 4.78 is 6.82. The molecule has 7 nitrogen and oxygen atoms in total. The summed E-state index contributed by atoms with van der Waals surface area (Å²) in [5.41, 5.74) is 1.78.